The molecule has 10 heteroatoms. The molecule has 0 bridgehead atoms. The SMILES string of the molecule is COc1ccc(S(=O)(=O)N(C)[C@](Cc2ccccc2)(NC(=O)O)[C@H](O)CC2(CCC#N)CCCC2)cc1. The van der Waals surface area contributed by atoms with Crippen molar-refractivity contribution in [1.29, 1.82) is 5.26 Å². The van der Waals surface area contributed by atoms with E-state index in [0.717, 1.165) is 30.0 Å². The number of amides is 1. The van der Waals surface area contributed by atoms with Crippen molar-refractivity contribution in [1.82, 2.24) is 9.62 Å². The standard InChI is InChI=1S/C27H35N3O6S/c1-30(37(34,35)23-13-11-22(36-2)12-14-23)27(29-25(32)33,19-21-9-4-3-5-10-21)24(31)20-26(17-8-18-28)15-6-7-16-26/h3-5,9-14,24,29,31H,6-8,15-17,19-20H2,1-2H3,(H,32,33)/t24-,27+/m1/s1. The average Bonchev–Trinajstić information content (AvgIpc) is 3.35. The Labute approximate surface area is 218 Å². The zero-order valence-electron chi connectivity index (χ0n) is 21.3. The van der Waals surface area contributed by atoms with Crippen molar-refractivity contribution in [3.63, 3.8) is 0 Å². The summed E-state index contributed by atoms with van der Waals surface area (Å²) in [6.07, 6.45) is 1.54. The van der Waals surface area contributed by atoms with Crippen LogP contribution in [-0.2, 0) is 16.4 Å². The van der Waals surface area contributed by atoms with Gasteiger partial charge >= 0.3 is 6.09 Å². The van der Waals surface area contributed by atoms with Gasteiger partial charge in [-0.25, -0.2) is 13.2 Å². The normalized spacial score (nSPS) is 17.5. The zero-order chi connectivity index (χ0) is 27.1. The number of nitriles is 1. The molecular formula is C27H35N3O6S. The highest BCUT2D eigenvalue weighted by molar-refractivity contribution is 7.89. The number of carboxylic acid groups (broad SMARTS) is 1. The lowest BCUT2D eigenvalue weighted by atomic mass is 9.74. The molecule has 3 rings (SSSR count). The fourth-order valence-electron chi connectivity index (χ4n) is 5.44. The lowest BCUT2D eigenvalue weighted by Gasteiger charge is -2.46. The Morgan fingerprint density at radius 3 is 2.35 bits per heavy atom. The molecule has 1 fully saturated rings. The van der Waals surface area contributed by atoms with E-state index < -0.39 is 27.9 Å². The molecule has 0 radical (unpaired) electrons. The molecule has 3 N–H and O–H groups in total. The monoisotopic (exact) mass is 529 g/mol. The summed E-state index contributed by atoms with van der Waals surface area (Å²) in [7, 11) is -1.50. The highest BCUT2D eigenvalue weighted by Gasteiger charge is 2.51. The number of aliphatic hydroxyl groups excluding tert-OH is 1. The molecule has 2 atom stereocenters. The Balaban J connectivity index is 2.11. The first-order valence-electron chi connectivity index (χ1n) is 12.3. The van der Waals surface area contributed by atoms with Gasteiger partial charge < -0.3 is 14.9 Å². The van der Waals surface area contributed by atoms with Gasteiger partial charge in [0, 0.05) is 19.9 Å². The van der Waals surface area contributed by atoms with Gasteiger partial charge in [0.05, 0.1) is 24.2 Å². The number of nitrogens with one attached hydrogen (secondary N) is 1. The highest BCUT2D eigenvalue weighted by atomic mass is 32.2. The average molecular weight is 530 g/mol. The smallest absolute Gasteiger partial charge is 0.406 e. The molecule has 1 aliphatic carbocycles. The Morgan fingerprint density at radius 1 is 1.19 bits per heavy atom. The van der Waals surface area contributed by atoms with Crippen LogP contribution in [0.5, 0.6) is 5.75 Å². The van der Waals surface area contributed by atoms with E-state index in [-0.39, 0.29) is 23.2 Å². The summed E-state index contributed by atoms with van der Waals surface area (Å²) in [6, 6.07) is 16.8. The van der Waals surface area contributed by atoms with Gasteiger partial charge in [-0.05, 0) is 60.9 Å². The summed E-state index contributed by atoms with van der Waals surface area (Å²) in [4.78, 5) is 12.1. The quantitative estimate of drug-likeness (QED) is 0.351. The molecule has 0 heterocycles. The summed E-state index contributed by atoms with van der Waals surface area (Å²) in [6.45, 7) is 0. The molecule has 2 aromatic rings. The van der Waals surface area contributed by atoms with E-state index in [1.165, 1.54) is 38.4 Å². The van der Waals surface area contributed by atoms with E-state index in [1.54, 1.807) is 30.3 Å². The van der Waals surface area contributed by atoms with Crippen LogP contribution in [0.15, 0.2) is 59.5 Å². The number of carbonyl (C=O) groups is 1. The third kappa shape index (κ3) is 6.42. The second-order valence-corrected chi connectivity index (χ2v) is 11.7. The summed E-state index contributed by atoms with van der Waals surface area (Å²) >= 11 is 0. The number of nitrogens with zero attached hydrogens (tertiary/aromatic N) is 2. The van der Waals surface area contributed by atoms with Crippen molar-refractivity contribution in [2.24, 2.45) is 5.41 Å². The van der Waals surface area contributed by atoms with Gasteiger partial charge in [0.15, 0.2) is 0 Å². The molecule has 1 saturated carbocycles. The number of likely N-dealkylation sites (N-methyl/N-ethyl adjacent to an activating group) is 1. The predicted octanol–water partition coefficient (Wildman–Crippen LogP) is 4.14. The van der Waals surface area contributed by atoms with E-state index in [0.29, 0.717) is 24.2 Å². The number of hydrogen-bond donors (Lipinski definition) is 3. The number of methoxy groups -OCH3 is 1. The summed E-state index contributed by atoms with van der Waals surface area (Å²) in [5.74, 6) is 0.474. The molecule has 0 unspecified atom stereocenters. The molecule has 1 amide bonds. The summed E-state index contributed by atoms with van der Waals surface area (Å²) in [5, 5.41) is 33.3. The Kier molecular flexibility index (Phi) is 9.18. The van der Waals surface area contributed by atoms with Gasteiger partial charge in [0.1, 0.15) is 11.4 Å². The molecule has 37 heavy (non-hydrogen) atoms. The lowest BCUT2D eigenvalue weighted by molar-refractivity contribution is -0.0320. The van der Waals surface area contributed by atoms with Gasteiger partial charge in [-0.1, -0.05) is 43.2 Å². The first-order chi connectivity index (χ1) is 17.6. The van der Waals surface area contributed by atoms with Crippen LogP contribution in [0, 0.1) is 16.7 Å². The van der Waals surface area contributed by atoms with Gasteiger partial charge in [-0.3, -0.25) is 5.32 Å². The van der Waals surface area contributed by atoms with E-state index in [4.69, 9.17) is 4.74 Å². The minimum Gasteiger partial charge on any atom is -0.497 e. The Hall–Kier alpha value is -3.13. The van der Waals surface area contributed by atoms with Crippen LogP contribution in [0.4, 0.5) is 4.79 Å². The fraction of sp³-hybridized carbons (Fsp3) is 0.481. The first kappa shape index (κ1) is 28.4. The van der Waals surface area contributed by atoms with Crippen LogP contribution >= 0.6 is 0 Å². The first-order valence-corrected chi connectivity index (χ1v) is 13.8. The number of rotatable bonds is 12. The van der Waals surface area contributed by atoms with Gasteiger partial charge in [-0.2, -0.15) is 9.57 Å². The molecule has 0 spiro atoms. The lowest BCUT2D eigenvalue weighted by Crippen LogP contribution is -2.69. The largest absolute Gasteiger partial charge is 0.497 e. The second kappa shape index (κ2) is 11.9. The van der Waals surface area contributed by atoms with E-state index in [9.17, 15) is 28.7 Å². The van der Waals surface area contributed by atoms with Gasteiger partial charge in [0.25, 0.3) is 0 Å². The number of hydrogen-bond acceptors (Lipinski definition) is 6. The van der Waals surface area contributed by atoms with E-state index in [2.05, 4.69) is 11.4 Å². The molecular weight excluding hydrogens is 494 g/mol. The summed E-state index contributed by atoms with van der Waals surface area (Å²) in [5.41, 5.74) is -1.62. The van der Waals surface area contributed by atoms with Crippen LogP contribution in [0.2, 0.25) is 0 Å². The Bertz CT molecular complexity index is 1190. The molecule has 1 aliphatic rings. The molecule has 0 saturated heterocycles. The molecule has 2 aromatic carbocycles. The van der Waals surface area contributed by atoms with Crippen LogP contribution in [0.1, 0.15) is 50.5 Å². The summed E-state index contributed by atoms with van der Waals surface area (Å²) < 4.78 is 33.8. The van der Waals surface area contributed by atoms with Gasteiger partial charge in [0.2, 0.25) is 10.0 Å². The molecule has 0 aromatic heterocycles. The third-order valence-electron chi connectivity index (χ3n) is 7.53. The number of benzene rings is 2. The maximum Gasteiger partial charge on any atom is 0.406 e. The fourth-order valence-corrected chi connectivity index (χ4v) is 6.90. The topological polar surface area (TPSA) is 140 Å². The molecule has 9 nitrogen and oxygen atoms in total. The number of ether oxygens (including phenoxy) is 1. The van der Waals surface area contributed by atoms with Crippen LogP contribution < -0.4 is 10.1 Å². The maximum atomic E-state index is 13.8. The van der Waals surface area contributed by atoms with Crippen molar-refractivity contribution >= 4 is 16.1 Å². The van der Waals surface area contributed by atoms with Crippen molar-refractivity contribution in [2.75, 3.05) is 14.2 Å². The third-order valence-corrected chi connectivity index (χ3v) is 9.44. The van der Waals surface area contributed by atoms with Crippen molar-refractivity contribution < 1.29 is 28.2 Å². The minimum absolute atomic E-state index is 0.0623. The van der Waals surface area contributed by atoms with Crippen molar-refractivity contribution in [2.45, 2.75) is 68.0 Å². The van der Waals surface area contributed by atoms with Crippen molar-refractivity contribution in [3.05, 3.63) is 60.2 Å². The molecule has 200 valence electrons. The van der Waals surface area contributed by atoms with Crippen molar-refractivity contribution in [3.8, 4) is 11.8 Å². The minimum atomic E-state index is -4.26. The Morgan fingerprint density at radius 2 is 1.81 bits per heavy atom. The molecule has 0 aliphatic heterocycles. The van der Waals surface area contributed by atoms with Crippen LogP contribution in [0.25, 0.3) is 0 Å². The predicted molar refractivity (Wildman–Crippen MR) is 138 cm³/mol. The van der Waals surface area contributed by atoms with Gasteiger partial charge in [-0.15, -0.1) is 0 Å². The van der Waals surface area contributed by atoms with E-state index >= 15 is 0 Å². The van der Waals surface area contributed by atoms with Crippen LogP contribution in [-0.4, -0.2) is 55.0 Å². The zero-order valence-corrected chi connectivity index (χ0v) is 22.1. The maximum absolute atomic E-state index is 13.8. The number of aliphatic hydroxyl groups is 1. The van der Waals surface area contributed by atoms with Crippen LogP contribution in [0.3, 0.4) is 0 Å². The highest BCUT2D eigenvalue weighted by Crippen LogP contribution is 2.47. The van der Waals surface area contributed by atoms with E-state index in [1.807, 2.05) is 0 Å². The second-order valence-electron chi connectivity index (χ2n) is 9.75. The number of sulfonamides is 1.